The van der Waals surface area contributed by atoms with Crippen LogP contribution in [0.15, 0.2) is 51.9 Å². The molecule has 1 amide bonds. The van der Waals surface area contributed by atoms with Gasteiger partial charge in [0.2, 0.25) is 5.91 Å². The summed E-state index contributed by atoms with van der Waals surface area (Å²) in [5.41, 5.74) is 2.98. The average Bonchev–Trinajstić information content (AvgIpc) is 3.43. The minimum absolute atomic E-state index is 0.000967. The van der Waals surface area contributed by atoms with Crippen molar-refractivity contribution < 1.29 is 9.72 Å². The normalized spacial score (nSPS) is 10.7. The lowest BCUT2D eigenvalue weighted by Gasteiger charge is -2.00. The SMILES string of the molecule is O=C(Cc1csc(-c2ccsc2)n1)Nc1nc(-c2cccc([N+](=O)[O-])c2)cs1. The van der Waals surface area contributed by atoms with Gasteiger partial charge in [-0.05, 0) is 11.4 Å². The predicted octanol–water partition coefficient (Wildman–Crippen LogP) is 5.08. The van der Waals surface area contributed by atoms with Crippen LogP contribution in [-0.2, 0) is 11.2 Å². The Kier molecular flexibility index (Phi) is 5.24. The van der Waals surface area contributed by atoms with Crippen molar-refractivity contribution in [2.24, 2.45) is 0 Å². The molecule has 0 radical (unpaired) electrons. The third-order valence-corrected chi connectivity index (χ3v) is 6.15. The maximum absolute atomic E-state index is 12.3. The van der Waals surface area contributed by atoms with Crippen LogP contribution in [0.25, 0.3) is 21.8 Å². The molecule has 7 nitrogen and oxygen atoms in total. The summed E-state index contributed by atoms with van der Waals surface area (Å²) < 4.78 is 0. The molecule has 3 heterocycles. The monoisotopic (exact) mass is 428 g/mol. The number of thiophene rings is 1. The number of nitro benzene ring substituents is 1. The summed E-state index contributed by atoms with van der Waals surface area (Å²) in [4.78, 5) is 31.6. The number of amides is 1. The van der Waals surface area contributed by atoms with Gasteiger partial charge in [-0.2, -0.15) is 11.3 Å². The number of hydrogen-bond donors (Lipinski definition) is 1. The molecule has 0 spiro atoms. The molecule has 28 heavy (non-hydrogen) atoms. The van der Waals surface area contributed by atoms with Crippen LogP contribution in [0, 0.1) is 10.1 Å². The Labute approximate surface area is 171 Å². The van der Waals surface area contributed by atoms with E-state index in [0.29, 0.717) is 22.1 Å². The highest BCUT2D eigenvalue weighted by Crippen LogP contribution is 2.28. The van der Waals surface area contributed by atoms with E-state index in [1.165, 1.54) is 34.8 Å². The van der Waals surface area contributed by atoms with Crippen molar-refractivity contribution in [3.8, 4) is 21.8 Å². The molecule has 0 atom stereocenters. The van der Waals surface area contributed by atoms with Crippen LogP contribution < -0.4 is 5.32 Å². The molecule has 1 aromatic carbocycles. The van der Waals surface area contributed by atoms with Crippen molar-refractivity contribution in [3.05, 3.63) is 67.7 Å². The molecule has 1 N–H and O–H groups in total. The molecule has 0 saturated heterocycles. The zero-order chi connectivity index (χ0) is 19.5. The minimum atomic E-state index is -0.448. The van der Waals surface area contributed by atoms with Crippen molar-refractivity contribution in [2.75, 3.05) is 5.32 Å². The van der Waals surface area contributed by atoms with Gasteiger partial charge in [-0.3, -0.25) is 14.9 Å². The highest BCUT2D eigenvalue weighted by molar-refractivity contribution is 7.14. The first-order valence-corrected chi connectivity index (χ1v) is 10.8. The number of nitro groups is 1. The number of non-ortho nitro benzene ring substituents is 1. The molecule has 3 aromatic heterocycles. The first-order chi connectivity index (χ1) is 13.6. The van der Waals surface area contributed by atoms with Gasteiger partial charge in [0, 0.05) is 39.4 Å². The molecule has 0 aliphatic carbocycles. The maximum Gasteiger partial charge on any atom is 0.270 e. The van der Waals surface area contributed by atoms with E-state index >= 15 is 0 Å². The van der Waals surface area contributed by atoms with Crippen LogP contribution in [0.3, 0.4) is 0 Å². The van der Waals surface area contributed by atoms with Crippen molar-refractivity contribution in [3.63, 3.8) is 0 Å². The second kappa shape index (κ2) is 7.97. The molecule has 0 aliphatic heterocycles. The summed E-state index contributed by atoms with van der Waals surface area (Å²) >= 11 is 4.38. The van der Waals surface area contributed by atoms with E-state index in [1.54, 1.807) is 28.8 Å². The van der Waals surface area contributed by atoms with Crippen LogP contribution in [0.4, 0.5) is 10.8 Å². The van der Waals surface area contributed by atoms with Crippen molar-refractivity contribution in [2.45, 2.75) is 6.42 Å². The van der Waals surface area contributed by atoms with Gasteiger partial charge in [-0.25, -0.2) is 9.97 Å². The largest absolute Gasteiger partial charge is 0.302 e. The Morgan fingerprint density at radius 1 is 1.11 bits per heavy atom. The van der Waals surface area contributed by atoms with E-state index in [0.717, 1.165) is 10.6 Å². The van der Waals surface area contributed by atoms with E-state index in [1.807, 2.05) is 22.2 Å². The summed E-state index contributed by atoms with van der Waals surface area (Å²) in [5.74, 6) is -0.206. The number of carbonyl (C=O) groups is 1. The van der Waals surface area contributed by atoms with Crippen LogP contribution in [0.2, 0.25) is 0 Å². The topological polar surface area (TPSA) is 98.0 Å². The molecule has 140 valence electrons. The Morgan fingerprint density at radius 2 is 2.00 bits per heavy atom. The van der Waals surface area contributed by atoms with Crippen LogP contribution in [0.1, 0.15) is 5.69 Å². The van der Waals surface area contributed by atoms with Crippen molar-refractivity contribution >= 4 is 50.7 Å². The highest BCUT2D eigenvalue weighted by atomic mass is 32.1. The number of aromatic nitrogens is 2. The number of benzene rings is 1. The van der Waals surface area contributed by atoms with Gasteiger partial charge in [-0.1, -0.05) is 12.1 Å². The molecular weight excluding hydrogens is 416 g/mol. The van der Waals surface area contributed by atoms with E-state index in [2.05, 4.69) is 15.3 Å². The number of thiazole rings is 2. The number of nitrogens with zero attached hydrogens (tertiary/aromatic N) is 3. The summed E-state index contributed by atoms with van der Waals surface area (Å²) in [5, 5.41) is 22.7. The molecular formula is C18H12N4O3S3. The van der Waals surface area contributed by atoms with Gasteiger partial charge in [0.1, 0.15) is 5.01 Å². The fraction of sp³-hybridized carbons (Fsp3) is 0.0556. The molecule has 0 saturated carbocycles. The smallest absolute Gasteiger partial charge is 0.270 e. The van der Waals surface area contributed by atoms with E-state index in [9.17, 15) is 14.9 Å². The lowest BCUT2D eigenvalue weighted by Crippen LogP contribution is -2.14. The van der Waals surface area contributed by atoms with Crippen LogP contribution in [0.5, 0.6) is 0 Å². The summed E-state index contributed by atoms with van der Waals surface area (Å²) in [6, 6.07) is 8.24. The van der Waals surface area contributed by atoms with Gasteiger partial charge in [-0.15, -0.1) is 22.7 Å². The van der Waals surface area contributed by atoms with Crippen LogP contribution >= 0.6 is 34.0 Å². The third kappa shape index (κ3) is 4.14. The number of carbonyl (C=O) groups excluding carboxylic acids is 1. The third-order valence-electron chi connectivity index (χ3n) is 3.76. The van der Waals surface area contributed by atoms with Crippen molar-refractivity contribution in [1.82, 2.24) is 9.97 Å². The lowest BCUT2D eigenvalue weighted by molar-refractivity contribution is -0.384. The lowest BCUT2D eigenvalue weighted by atomic mass is 10.1. The number of rotatable bonds is 6. The quantitative estimate of drug-likeness (QED) is 0.341. The molecule has 0 aliphatic rings. The minimum Gasteiger partial charge on any atom is -0.302 e. The first kappa shape index (κ1) is 18.4. The average molecular weight is 429 g/mol. The molecule has 4 aromatic rings. The number of nitrogens with one attached hydrogen (secondary N) is 1. The second-order valence-corrected chi connectivity index (χ2v) is 8.22. The zero-order valence-electron chi connectivity index (χ0n) is 14.2. The Balaban J connectivity index is 1.42. The fourth-order valence-corrected chi connectivity index (χ4v) is 4.75. The number of anilines is 1. The first-order valence-electron chi connectivity index (χ1n) is 8.05. The zero-order valence-corrected chi connectivity index (χ0v) is 16.6. The Bertz CT molecular complexity index is 1130. The predicted molar refractivity (Wildman–Crippen MR) is 112 cm³/mol. The van der Waals surface area contributed by atoms with Gasteiger partial charge in [0.05, 0.1) is 22.7 Å². The molecule has 0 bridgehead atoms. The molecule has 0 unspecified atom stereocenters. The van der Waals surface area contributed by atoms with E-state index < -0.39 is 4.92 Å². The standard InChI is InChI=1S/C18H12N4O3S3/c23-16(7-13-9-27-17(19-13)12-4-5-26-8-12)21-18-20-15(10-28-18)11-2-1-3-14(6-11)22(24)25/h1-6,8-10H,7H2,(H,20,21,23). The second-order valence-electron chi connectivity index (χ2n) is 5.73. The van der Waals surface area contributed by atoms with Crippen molar-refractivity contribution in [1.29, 1.82) is 0 Å². The molecule has 4 rings (SSSR count). The highest BCUT2D eigenvalue weighted by Gasteiger charge is 2.13. The van der Waals surface area contributed by atoms with Gasteiger partial charge < -0.3 is 5.32 Å². The fourth-order valence-electron chi connectivity index (χ4n) is 2.48. The molecule has 10 heteroatoms. The van der Waals surface area contributed by atoms with Gasteiger partial charge in [0.15, 0.2) is 5.13 Å². The molecule has 0 fully saturated rings. The number of hydrogen-bond acceptors (Lipinski definition) is 8. The van der Waals surface area contributed by atoms with Gasteiger partial charge >= 0.3 is 0 Å². The van der Waals surface area contributed by atoms with Gasteiger partial charge in [0.25, 0.3) is 5.69 Å². The van der Waals surface area contributed by atoms with E-state index in [-0.39, 0.29) is 18.0 Å². The summed E-state index contributed by atoms with van der Waals surface area (Å²) in [6.07, 6.45) is 0.159. The van der Waals surface area contributed by atoms with Crippen LogP contribution in [-0.4, -0.2) is 20.8 Å². The summed E-state index contributed by atoms with van der Waals surface area (Å²) in [7, 11) is 0. The Hall–Kier alpha value is -2.95. The maximum atomic E-state index is 12.3. The van der Waals surface area contributed by atoms with E-state index in [4.69, 9.17) is 0 Å². The summed E-state index contributed by atoms with van der Waals surface area (Å²) in [6.45, 7) is 0. The Morgan fingerprint density at radius 3 is 2.79 bits per heavy atom.